The molecule has 0 aliphatic carbocycles. The van der Waals surface area contributed by atoms with Gasteiger partial charge in [-0.05, 0) is 38.3 Å². The molecule has 1 fully saturated rings. The lowest BCUT2D eigenvalue weighted by Crippen LogP contribution is -2.09. The molecular weight excluding hydrogens is 270 g/mol. The third kappa shape index (κ3) is 2.74. The fourth-order valence-electron chi connectivity index (χ4n) is 2.47. The van der Waals surface area contributed by atoms with Crippen LogP contribution in [0.25, 0.3) is 5.69 Å². The standard InChI is InChI=1S/C15H19N3OS/c1-11-6-3-4-8-14(11)18-12(2)16-17-15(18)20-10-13-7-5-9-19-13/h3-4,6,8,13H,5,7,9-10H2,1-2H3. The third-order valence-electron chi connectivity index (χ3n) is 3.57. The summed E-state index contributed by atoms with van der Waals surface area (Å²) in [4.78, 5) is 0. The highest BCUT2D eigenvalue weighted by Gasteiger charge is 2.19. The molecule has 1 saturated heterocycles. The molecule has 5 heteroatoms. The molecule has 1 aromatic carbocycles. The van der Waals surface area contributed by atoms with Crippen LogP contribution in [0.3, 0.4) is 0 Å². The van der Waals surface area contributed by atoms with E-state index in [4.69, 9.17) is 4.74 Å². The van der Waals surface area contributed by atoms with Crippen molar-refractivity contribution in [2.45, 2.75) is 37.9 Å². The highest BCUT2D eigenvalue weighted by Crippen LogP contribution is 2.26. The smallest absolute Gasteiger partial charge is 0.195 e. The van der Waals surface area contributed by atoms with Gasteiger partial charge < -0.3 is 4.74 Å². The molecular formula is C15H19N3OS. The van der Waals surface area contributed by atoms with Crippen LogP contribution in [-0.2, 0) is 4.74 Å². The highest BCUT2D eigenvalue weighted by molar-refractivity contribution is 7.99. The number of nitrogens with zero attached hydrogens (tertiary/aromatic N) is 3. The monoisotopic (exact) mass is 289 g/mol. The zero-order valence-corrected chi connectivity index (χ0v) is 12.7. The summed E-state index contributed by atoms with van der Waals surface area (Å²) < 4.78 is 7.81. The maximum atomic E-state index is 5.67. The van der Waals surface area contributed by atoms with Gasteiger partial charge in [-0.2, -0.15) is 0 Å². The second kappa shape index (κ2) is 5.97. The van der Waals surface area contributed by atoms with E-state index in [1.165, 1.54) is 12.0 Å². The van der Waals surface area contributed by atoms with Gasteiger partial charge in [0.05, 0.1) is 11.8 Å². The van der Waals surface area contributed by atoms with E-state index in [0.29, 0.717) is 6.10 Å². The molecule has 2 heterocycles. The maximum Gasteiger partial charge on any atom is 0.195 e. The van der Waals surface area contributed by atoms with Crippen molar-refractivity contribution >= 4 is 11.8 Å². The van der Waals surface area contributed by atoms with Crippen LogP contribution in [0.2, 0.25) is 0 Å². The predicted molar refractivity (Wildman–Crippen MR) is 80.5 cm³/mol. The summed E-state index contributed by atoms with van der Waals surface area (Å²) in [5.41, 5.74) is 2.39. The van der Waals surface area contributed by atoms with Crippen molar-refractivity contribution in [1.82, 2.24) is 14.8 Å². The number of thioether (sulfide) groups is 1. The molecule has 1 aromatic heterocycles. The van der Waals surface area contributed by atoms with Crippen LogP contribution in [0, 0.1) is 13.8 Å². The predicted octanol–water partition coefficient (Wildman–Crippen LogP) is 3.16. The Hall–Kier alpha value is -1.33. The summed E-state index contributed by atoms with van der Waals surface area (Å²) in [5, 5.41) is 9.50. The summed E-state index contributed by atoms with van der Waals surface area (Å²) >= 11 is 1.73. The second-order valence-corrected chi connectivity index (χ2v) is 6.08. The van der Waals surface area contributed by atoms with Gasteiger partial charge >= 0.3 is 0 Å². The lowest BCUT2D eigenvalue weighted by molar-refractivity contribution is 0.129. The van der Waals surface area contributed by atoms with Crippen molar-refractivity contribution in [3.8, 4) is 5.69 Å². The van der Waals surface area contributed by atoms with E-state index >= 15 is 0 Å². The van der Waals surface area contributed by atoms with Gasteiger partial charge in [0.25, 0.3) is 0 Å². The molecule has 0 radical (unpaired) electrons. The number of benzene rings is 1. The minimum absolute atomic E-state index is 0.363. The Morgan fingerprint density at radius 1 is 1.30 bits per heavy atom. The number of para-hydroxylation sites is 1. The van der Waals surface area contributed by atoms with Crippen LogP contribution < -0.4 is 0 Å². The number of hydrogen-bond acceptors (Lipinski definition) is 4. The van der Waals surface area contributed by atoms with Crippen molar-refractivity contribution in [1.29, 1.82) is 0 Å². The van der Waals surface area contributed by atoms with Crippen LogP contribution in [-0.4, -0.2) is 33.2 Å². The first kappa shape index (κ1) is 13.6. The Morgan fingerprint density at radius 3 is 2.90 bits per heavy atom. The van der Waals surface area contributed by atoms with Crippen LogP contribution in [0.4, 0.5) is 0 Å². The minimum atomic E-state index is 0.363. The molecule has 0 N–H and O–H groups in total. The summed E-state index contributed by atoms with van der Waals surface area (Å²) in [6.45, 7) is 5.01. The van der Waals surface area contributed by atoms with E-state index in [-0.39, 0.29) is 0 Å². The maximum absolute atomic E-state index is 5.67. The van der Waals surface area contributed by atoms with Gasteiger partial charge in [0.15, 0.2) is 5.16 Å². The Morgan fingerprint density at radius 2 is 2.15 bits per heavy atom. The van der Waals surface area contributed by atoms with E-state index < -0.39 is 0 Å². The summed E-state index contributed by atoms with van der Waals surface area (Å²) in [6, 6.07) is 8.33. The molecule has 20 heavy (non-hydrogen) atoms. The van der Waals surface area contributed by atoms with Gasteiger partial charge in [-0.3, -0.25) is 4.57 Å². The number of ether oxygens (including phenoxy) is 1. The number of hydrogen-bond donors (Lipinski definition) is 0. The molecule has 1 atom stereocenters. The zero-order valence-electron chi connectivity index (χ0n) is 11.9. The first-order chi connectivity index (χ1) is 9.75. The molecule has 2 aromatic rings. The van der Waals surface area contributed by atoms with Crippen LogP contribution in [0.15, 0.2) is 29.4 Å². The molecule has 0 amide bonds. The van der Waals surface area contributed by atoms with E-state index in [1.807, 2.05) is 6.92 Å². The molecule has 0 spiro atoms. The summed E-state index contributed by atoms with van der Waals surface area (Å²) in [5.74, 6) is 1.87. The van der Waals surface area contributed by atoms with E-state index in [1.54, 1.807) is 11.8 Å². The molecule has 0 saturated carbocycles. The Labute approximate surface area is 123 Å². The van der Waals surface area contributed by atoms with Gasteiger partial charge in [0, 0.05) is 12.4 Å². The van der Waals surface area contributed by atoms with Gasteiger partial charge in [0.2, 0.25) is 0 Å². The second-order valence-electron chi connectivity index (χ2n) is 5.10. The largest absolute Gasteiger partial charge is 0.377 e. The highest BCUT2D eigenvalue weighted by atomic mass is 32.2. The number of aryl methyl sites for hydroxylation is 2. The first-order valence-corrected chi connectivity index (χ1v) is 7.96. The van der Waals surface area contributed by atoms with Crippen molar-refractivity contribution in [3.05, 3.63) is 35.7 Å². The average Bonchev–Trinajstić information content (AvgIpc) is 3.07. The summed E-state index contributed by atoms with van der Waals surface area (Å²) in [7, 11) is 0. The van der Waals surface area contributed by atoms with Crippen molar-refractivity contribution < 1.29 is 4.74 Å². The SMILES string of the molecule is Cc1ccccc1-n1c(C)nnc1SCC1CCCO1. The zero-order chi connectivity index (χ0) is 13.9. The lowest BCUT2D eigenvalue weighted by atomic mass is 10.2. The minimum Gasteiger partial charge on any atom is -0.377 e. The van der Waals surface area contributed by atoms with Gasteiger partial charge in [0.1, 0.15) is 5.82 Å². The Bertz CT molecular complexity index is 591. The average molecular weight is 289 g/mol. The van der Waals surface area contributed by atoms with E-state index in [2.05, 4.69) is 46.0 Å². The number of rotatable bonds is 4. The fourth-order valence-corrected chi connectivity index (χ4v) is 3.53. The van der Waals surface area contributed by atoms with Crippen molar-refractivity contribution in [2.75, 3.05) is 12.4 Å². The summed E-state index contributed by atoms with van der Waals surface area (Å²) in [6.07, 6.45) is 2.70. The van der Waals surface area contributed by atoms with Crippen molar-refractivity contribution in [3.63, 3.8) is 0 Å². The van der Waals surface area contributed by atoms with Crippen LogP contribution in [0.1, 0.15) is 24.2 Å². The van der Waals surface area contributed by atoms with E-state index in [9.17, 15) is 0 Å². The molecule has 1 unspecified atom stereocenters. The molecule has 1 aliphatic rings. The molecule has 3 rings (SSSR count). The third-order valence-corrected chi connectivity index (χ3v) is 4.63. The van der Waals surface area contributed by atoms with E-state index in [0.717, 1.165) is 35.4 Å². The lowest BCUT2D eigenvalue weighted by Gasteiger charge is -2.12. The van der Waals surface area contributed by atoms with Gasteiger partial charge in [-0.25, -0.2) is 0 Å². The molecule has 4 nitrogen and oxygen atoms in total. The Balaban J connectivity index is 1.84. The number of aromatic nitrogens is 3. The Kier molecular flexibility index (Phi) is 4.08. The quantitative estimate of drug-likeness (QED) is 0.811. The topological polar surface area (TPSA) is 39.9 Å². The molecule has 106 valence electrons. The fraction of sp³-hybridized carbons (Fsp3) is 0.467. The van der Waals surface area contributed by atoms with Crippen LogP contribution >= 0.6 is 11.8 Å². The first-order valence-electron chi connectivity index (χ1n) is 6.98. The van der Waals surface area contributed by atoms with Gasteiger partial charge in [-0.15, -0.1) is 10.2 Å². The van der Waals surface area contributed by atoms with Crippen LogP contribution in [0.5, 0.6) is 0 Å². The normalized spacial score (nSPS) is 18.6. The molecule has 1 aliphatic heterocycles. The van der Waals surface area contributed by atoms with Gasteiger partial charge in [-0.1, -0.05) is 30.0 Å². The van der Waals surface area contributed by atoms with Crippen molar-refractivity contribution in [2.24, 2.45) is 0 Å². The molecule has 0 bridgehead atoms.